The Balaban J connectivity index is 1.37. The van der Waals surface area contributed by atoms with Gasteiger partial charge in [0.1, 0.15) is 11.9 Å². The zero-order chi connectivity index (χ0) is 29.6. The molecule has 3 N–H and O–H groups in total. The number of carbonyl (C=O) groups excluding carboxylic acids is 2. The van der Waals surface area contributed by atoms with Crippen LogP contribution in [0, 0.1) is 5.92 Å². The Kier molecular flexibility index (Phi) is 9.00. The zero-order valence-electron chi connectivity index (χ0n) is 24.2. The van der Waals surface area contributed by atoms with E-state index in [0.29, 0.717) is 35.8 Å². The summed E-state index contributed by atoms with van der Waals surface area (Å²) in [5.74, 6) is 0.198. The highest BCUT2D eigenvalue weighted by Gasteiger charge is 2.33. The molecule has 0 bridgehead atoms. The van der Waals surface area contributed by atoms with E-state index in [1.54, 1.807) is 35.5 Å². The maximum atomic E-state index is 13.8. The summed E-state index contributed by atoms with van der Waals surface area (Å²) in [5, 5.41) is 17.7. The lowest BCUT2D eigenvalue weighted by atomic mass is 9.99. The van der Waals surface area contributed by atoms with Gasteiger partial charge in [-0.25, -0.2) is 4.79 Å². The van der Waals surface area contributed by atoms with Gasteiger partial charge in [0.2, 0.25) is 0 Å². The minimum Gasteiger partial charge on any atom is -0.488 e. The molecule has 0 saturated heterocycles. The number of ether oxygens (including phenoxy) is 1. The van der Waals surface area contributed by atoms with Gasteiger partial charge in [0.05, 0.1) is 23.9 Å². The number of carbonyl (C=O) groups is 2. The van der Waals surface area contributed by atoms with Crippen molar-refractivity contribution >= 4 is 34.1 Å². The molecule has 9 nitrogen and oxygen atoms in total. The summed E-state index contributed by atoms with van der Waals surface area (Å²) in [6.45, 7) is 5.52. The van der Waals surface area contributed by atoms with Crippen LogP contribution in [0.25, 0.3) is 10.8 Å². The number of fused-ring (bicyclic) bond motifs is 2. The average molecular weight is 568 g/mol. The Morgan fingerprint density at radius 1 is 1.10 bits per heavy atom. The molecule has 1 aliphatic heterocycles. The van der Waals surface area contributed by atoms with Crippen molar-refractivity contribution in [2.24, 2.45) is 5.92 Å². The number of nitrogens with zero attached hydrogens (tertiary/aromatic N) is 3. The molecule has 3 amide bonds. The Morgan fingerprint density at radius 3 is 2.64 bits per heavy atom. The third kappa shape index (κ3) is 6.70. The van der Waals surface area contributed by atoms with Gasteiger partial charge in [-0.05, 0) is 61.3 Å². The number of nitrogens with one attached hydrogen (secondary N) is 2. The number of amides is 3. The van der Waals surface area contributed by atoms with Crippen molar-refractivity contribution in [3.05, 3.63) is 96.3 Å². The van der Waals surface area contributed by atoms with E-state index in [2.05, 4.69) is 27.4 Å². The number of rotatable bonds is 8. The van der Waals surface area contributed by atoms with Gasteiger partial charge in [0, 0.05) is 49.0 Å². The first-order valence-electron chi connectivity index (χ1n) is 14.2. The molecule has 0 saturated carbocycles. The lowest BCUT2D eigenvalue weighted by molar-refractivity contribution is 0.0341. The largest absolute Gasteiger partial charge is 0.488 e. The molecule has 3 atom stereocenters. The fraction of sp³-hybridized carbons (Fsp3) is 0.303. The Labute approximate surface area is 246 Å². The molecule has 2 heterocycles. The normalized spacial score (nSPS) is 17.6. The molecule has 5 rings (SSSR count). The zero-order valence-corrected chi connectivity index (χ0v) is 24.2. The second-order valence-electron chi connectivity index (χ2n) is 11.0. The number of urea groups is 1. The molecule has 1 aliphatic rings. The van der Waals surface area contributed by atoms with Crippen LogP contribution < -0.4 is 15.4 Å². The predicted molar refractivity (Wildman–Crippen MR) is 165 cm³/mol. The third-order valence-corrected chi connectivity index (χ3v) is 7.65. The molecular formula is C33H37N5O4. The van der Waals surface area contributed by atoms with Crippen LogP contribution >= 0.6 is 0 Å². The lowest BCUT2D eigenvalue weighted by Crippen LogP contribution is -2.49. The second-order valence-corrected chi connectivity index (χ2v) is 11.0. The molecule has 3 aromatic carbocycles. The van der Waals surface area contributed by atoms with Crippen LogP contribution in [0.3, 0.4) is 0 Å². The maximum Gasteiger partial charge on any atom is 0.323 e. The number of benzene rings is 3. The monoisotopic (exact) mass is 567 g/mol. The topological polar surface area (TPSA) is 107 Å². The molecule has 0 radical (unpaired) electrons. The first-order valence-corrected chi connectivity index (χ1v) is 14.2. The SMILES string of the molecule is C[C@@H]1CN([C@H](C)CO)C(=O)c2cc(NC(=O)Nc3cccc4ccccc34)ccc2O[C@@H]1CN(C)Cc1ccncc1. The number of aliphatic hydroxyl groups is 1. The first-order chi connectivity index (χ1) is 20.3. The number of pyridine rings is 1. The number of aromatic nitrogens is 1. The summed E-state index contributed by atoms with van der Waals surface area (Å²) in [6, 6.07) is 21.8. The van der Waals surface area contributed by atoms with E-state index >= 15 is 0 Å². The van der Waals surface area contributed by atoms with Gasteiger partial charge >= 0.3 is 6.03 Å². The number of aliphatic hydroxyl groups excluding tert-OH is 1. The lowest BCUT2D eigenvalue weighted by Gasteiger charge is -2.38. The van der Waals surface area contributed by atoms with Crippen LogP contribution in [0.4, 0.5) is 16.2 Å². The number of likely N-dealkylation sites (N-methyl/N-ethyl adjacent to an activating group) is 1. The first kappa shape index (κ1) is 29.0. The number of hydrogen-bond acceptors (Lipinski definition) is 6. The van der Waals surface area contributed by atoms with E-state index < -0.39 is 6.03 Å². The van der Waals surface area contributed by atoms with Gasteiger partial charge in [-0.2, -0.15) is 0 Å². The van der Waals surface area contributed by atoms with Gasteiger partial charge in [0.25, 0.3) is 5.91 Å². The molecule has 9 heteroatoms. The number of hydrogen-bond donors (Lipinski definition) is 3. The van der Waals surface area contributed by atoms with E-state index in [1.165, 1.54) is 0 Å². The fourth-order valence-electron chi connectivity index (χ4n) is 5.31. The van der Waals surface area contributed by atoms with E-state index in [0.717, 1.165) is 22.9 Å². The highest BCUT2D eigenvalue weighted by molar-refractivity contribution is 6.07. The molecule has 0 aliphatic carbocycles. The van der Waals surface area contributed by atoms with Crippen molar-refractivity contribution in [2.75, 3.05) is 37.4 Å². The second kappa shape index (κ2) is 13.0. The molecule has 0 spiro atoms. The van der Waals surface area contributed by atoms with Crippen LogP contribution in [0.15, 0.2) is 85.2 Å². The summed E-state index contributed by atoms with van der Waals surface area (Å²) in [7, 11) is 2.04. The van der Waals surface area contributed by atoms with E-state index in [1.807, 2.05) is 68.6 Å². The van der Waals surface area contributed by atoms with E-state index in [-0.39, 0.29) is 30.6 Å². The molecule has 218 valence electrons. The summed E-state index contributed by atoms with van der Waals surface area (Å²) >= 11 is 0. The smallest absolute Gasteiger partial charge is 0.323 e. The van der Waals surface area contributed by atoms with Gasteiger partial charge < -0.3 is 25.4 Å². The van der Waals surface area contributed by atoms with Crippen molar-refractivity contribution in [2.45, 2.75) is 32.5 Å². The van der Waals surface area contributed by atoms with E-state index in [9.17, 15) is 14.7 Å². The summed E-state index contributed by atoms with van der Waals surface area (Å²) < 4.78 is 6.50. The summed E-state index contributed by atoms with van der Waals surface area (Å²) in [5.41, 5.74) is 2.63. The van der Waals surface area contributed by atoms with Crippen LogP contribution in [-0.4, -0.2) is 70.7 Å². The van der Waals surface area contributed by atoms with Crippen LogP contribution in [0.5, 0.6) is 5.75 Å². The van der Waals surface area contributed by atoms with Crippen molar-refractivity contribution in [3.8, 4) is 5.75 Å². The quantitative estimate of drug-likeness (QED) is 0.269. The summed E-state index contributed by atoms with van der Waals surface area (Å²) in [6.07, 6.45) is 3.34. The minimum absolute atomic E-state index is 0.000245. The molecular weight excluding hydrogens is 530 g/mol. The van der Waals surface area contributed by atoms with Gasteiger partial charge in [-0.15, -0.1) is 0 Å². The van der Waals surface area contributed by atoms with Crippen LogP contribution in [0.1, 0.15) is 29.8 Å². The molecule has 1 aromatic heterocycles. The van der Waals surface area contributed by atoms with Gasteiger partial charge in [-0.1, -0.05) is 43.3 Å². The van der Waals surface area contributed by atoms with E-state index in [4.69, 9.17) is 4.74 Å². The van der Waals surface area contributed by atoms with Crippen LogP contribution in [-0.2, 0) is 6.54 Å². The fourth-order valence-corrected chi connectivity index (χ4v) is 5.31. The van der Waals surface area contributed by atoms with Crippen LogP contribution in [0.2, 0.25) is 0 Å². The van der Waals surface area contributed by atoms with Crippen molar-refractivity contribution in [3.63, 3.8) is 0 Å². The maximum absolute atomic E-state index is 13.8. The molecule has 0 unspecified atom stereocenters. The molecule has 42 heavy (non-hydrogen) atoms. The third-order valence-electron chi connectivity index (χ3n) is 7.65. The van der Waals surface area contributed by atoms with Crippen molar-refractivity contribution in [1.82, 2.24) is 14.8 Å². The minimum atomic E-state index is -0.421. The van der Waals surface area contributed by atoms with Crippen molar-refractivity contribution in [1.29, 1.82) is 0 Å². The Hall–Kier alpha value is -4.47. The molecule has 0 fully saturated rings. The Bertz CT molecular complexity index is 1540. The molecule has 4 aromatic rings. The standard InChI is InChI=1S/C33H37N5O4/c1-22-18-38(23(2)21-39)32(40)28-17-26(35-33(41)36-29-10-6-8-25-7-4-5-9-27(25)29)11-12-30(28)42-31(22)20-37(3)19-24-13-15-34-16-14-24/h4-17,22-23,31,39H,18-21H2,1-3H3,(H2,35,36,41)/t22-,23-,31-/m1/s1. The highest BCUT2D eigenvalue weighted by atomic mass is 16.5. The number of anilines is 2. The van der Waals surface area contributed by atoms with Crippen molar-refractivity contribution < 1.29 is 19.4 Å². The predicted octanol–water partition coefficient (Wildman–Crippen LogP) is 5.23. The van der Waals surface area contributed by atoms with Gasteiger partial charge in [0.15, 0.2) is 0 Å². The summed E-state index contributed by atoms with van der Waals surface area (Å²) in [4.78, 5) is 34.7. The van der Waals surface area contributed by atoms with Gasteiger partial charge in [-0.3, -0.25) is 14.7 Å². The average Bonchev–Trinajstić information content (AvgIpc) is 2.99. The highest BCUT2D eigenvalue weighted by Crippen LogP contribution is 2.31. The Morgan fingerprint density at radius 2 is 1.86 bits per heavy atom.